The minimum atomic E-state index is -0.328. The van der Waals surface area contributed by atoms with Crippen molar-refractivity contribution in [1.82, 2.24) is 14.9 Å². The summed E-state index contributed by atoms with van der Waals surface area (Å²) in [6.07, 6.45) is 3.27. The third-order valence-electron chi connectivity index (χ3n) is 4.21. The number of aryl methyl sites for hydroxylation is 1. The van der Waals surface area contributed by atoms with Crippen LogP contribution in [0.25, 0.3) is 5.69 Å². The fourth-order valence-electron chi connectivity index (χ4n) is 2.90. The number of piperazine rings is 1. The topological polar surface area (TPSA) is 62.5 Å². The standard InChI is InChI=1S/C18H22FN5O/c1-20-8-2-3-15-13-24(16-6-4-14(19)5-7-16)18(25)17(22-15)23-11-9-21-10-12-23/h4-7,13,21H,1-3,8-12H2. The molecule has 1 N–H and O–H groups in total. The summed E-state index contributed by atoms with van der Waals surface area (Å²) in [5.41, 5.74) is 1.27. The highest BCUT2D eigenvalue weighted by Crippen LogP contribution is 2.13. The Hall–Kier alpha value is -2.54. The van der Waals surface area contributed by atoms with Gasteiger partial charge in [0, 0.05) is 44.6 Å². The van der Waals surface area contributed by atoms with Crippen LogP contribution in [0.2, 0.25) is 0 Å². The SMILES string of the molecule is C=NCCCc1cn(-c2ccc(F)cc2)c(=O)c(N2CCNCC2)n1. The second-order valence-electron chi connectivity index (χ2n) is 6.00. The van der Waals surface area contributed by atoms with Crippen molar-refractivity contribution in [2.24, 2.45) is 4.99 Å². The lowest BCUT2D eigenvalue weighted by Crippen LogP contribution is -2.46. The molecule has 7 heteroatoms. The molecule has 1 aromatic heterocycles. The maximum atomic E-state index is 13.2. The third kappa shape index (κ3) is 4.11. The third-order valence-corrected chi connectivity index (χ3v) is 4.21. The van der Waals surface area contributed by atoms with Gasteiger partial charge in [0.15, 0.2) is 5.82 Å². The highest BCUT2D eigenvalue weighted by molar-refractivity contribution is 5.42. The lowest BCUT2D eigenvalue weighted by atomic mass is 10.2. The van der Waals surface area contributed by atoms with Gasteiger partial charge < -0.3 is 15.2 Å². The van der Waals surface area contributed by atoms with Gasteiger partial charge in [-0.1, -0.05) is 0 Å². The second-order valence-corrected chi connectivity index (χ2v) is 6.00. The predicted molar refractivity (Wildman–Crippen MR) is 97.6 cm³/mol. The summed E-state index contributed by atoms with van der Waals surface area (Å²) in [5.74, 6) is 0.125. The molecule has 6 nitrogen and oxygen atoms in total. The van der Waals surface area contributed by atoms with Crippen molar-refractivity contribution in [1.29, 1.82) is 0 Å². The number of aromatic nitrogens is 2. The molecule has 132 valence electrons. The first kappa shape index (κ1) is 17.3. The van der Waals surface area contributed by atoms with E-state index in [1.54, 1.807) is 22.9 Å². The van der Waals surface area contributed by atoms with E-state index in [0.29, 0.717) is 24.5 Å². The average molecular weight is 343 g/mol. The van der Waals surface area contributed by atoms with Crippen LogP contribution in [0.4, 0.5) is 10.2 Å². The van der Waals surface area contributed by atoms with Gasteiger partial charge in [0.1, 0.15) is 5.82 Å². The molecule has 1 saturated heterocycles. The Balaban J connectivity index is 2.02. The molecule has 0 radical (unpaired) electrons. The van der Waals surface area contributed by atoms with Crippen molar-refractivity contribution in [3.8, 4) is 5.69 Å². The smallest absolute Gasteiger partial charge is 0.298 e. The first-order valence-corrected chi connectivity index (χ1v) is 8.45. The van der Waals surface area contributed by atoms with E-state index >= 15 is 0 Å². The number of aliphatic imine (C=N–C) groups is 1. The quantitative estimate of drug-likeness (QED) is 0.636. The number of hydrogen-bond donors (Lipinski definition) is 1. The summed E-state index contributed by atoms with van der Waals surface area (Å²) in [6.45, 7) is 7.27. The molecule has 1 aromatic carbocycles. The van der Waals surface area contributed by atoms with Crippen LogP contribution in [0, 0.1) is 5.82 Å². The largest absolute Gasteiger partial charge is 0.349 e. The molecule has 0 atom stereocenters. The number of benzene rings is 1. The molecule has 25 heavy (non-hydrogen) atoms. The molecule has 1 aliphatic heterocycles. The van der Waals surface area contributed by atoms with Crippen molar-refractivity contribution >= 4 is 12.5 Å². The fraction of sp³-hybridized carbons (Fsp3) is 0.389. The van der Waals surface area contributed by atoms with E-state index in [9.17, 15) is 9.18 Å². The summed E-state index contributed by atoms with van der Waals surface area (Å²) in [5, 5.41) is 3.27. The molecule has 0 spiro atoms. The van der Waals surface area contributed by atoms with Crippen LogP contribution < -0.4 is 15.8 Å². The van der Waals surface area contributed by atoms with Gasteiger partial charge in [-0.05, 0) is 43.8 Å². The first-order valence-electron chi connectivity index (χ1n) is 8.45. The number of hydrogen-bond acceptors (Lipinski definition) is 5. The van der Waals surface area contributed by atoms with Gasteiger partial charge in [0.05, 0.1) is 5.69 Å². The van der Waals surface area contributed by atoms with Gasteiger partial charge in [0.25, 0.3) is 5.56 Å². The molecular formula is C18H22FN5O. The molecule has 1 aliphatic rings. The molecule has 2 heterocycles. The predicted octanol–water partition coefficient (Wildman–Crippen LogP) is 1.41. The Bertz CT molecular complexity index is 781. The maximum absolute atomic E-state index is 13.2. The molecular weight excluding hydrogens is 321 g/mol. The molecule has 0 aliphatic carbocycles. The highest BCUT2D eigenvalue weighted by atomic mass is 19.1. The molecule has 0 unspecified atom stereocenters. The summed E-state index contributed by atoms with van der Waals surface area (Å²) < 4.78 is 14.8. The maximum Gasteiger partial charge on any atom is 0.298 e. The number of anilines is 1. The Morgan fingerprint density at radius 1 is 1.24 bits per heavy atom. The lowest BCUT2D eigenvalue weighted by molar-refractivity contribution is 0.580. The Morgan fingerprint density at radius 2 is 1.96 bits per heavy atom. The molecule has 2 aromatic rings. The Morgan fingerprint density at radius 3 is 2.64 bits per heavy atom. The molecule has 0 amide bonds. The van der Waals surface area contributed by atoms with Crippen molar-refractivity contribution < 1.29 is 4.39 Å². The van der Waals surface area contributed by atoms with Crippen molar-refractivity contribution in [2.75, 3.05) is 37.6 Å². The Labute approximate surface area is 146 Å². The van der Waals surface area contributed by atoms with Crippen LogP contribution in [0.5, 0.6) is 0 Å². The van der Waals surface area contributed by atoms with Gasteiger partial charge in [-0.2, -0.15) is 0 Å². The van der Waals surface area contributed by atoms with Crippen LogP contribution in [0.3, 0.4) is 0 Å². The van der Waals surface area contributed by atoms with E-state index in [2.05, 4.69) is 22.0 Å². The van der Waals surface area contributed by atoms with Gasteiger partial charge in [-0.3, -0.25) is 9.36 Å². The summed E-state index contributed by atoms with van der Waals surface area (Å²) >= 11 is 0. The summed E-state index contributed by atoms with van der Waals surface area (Å²) in [6, 6.07) is 5.92. The highest BCUT2D eigenvalue weighted by Gasteiger charge is 2.18. The van der Waals surface area contributed by atoms with Gasteiger partial charge in [-0.15, -0.1) is 0 Å². The van der Waals surface area contributed by atoms with Crippen LogP contribution >= 0.6 is 0 Å². The van der Waals surface area contributed by atoms with Crippen LogP contribution in [0.15, 0.2) is 40.2 Å². The van der Waals surface area contributed by atoms with E-state index in [4.69, 9.17) is 0 Å². The lowest BCUT2D eigenvalue weighted by Gasteiger charge is -2.28. The minimum Gasteiger partial charge on any atom is -0.349 e. The van der Waals surface area contributed by atoms with E-state index in [1.165, 1.54) is 12.1 Å². The van der Waals surface area contributed by atoms with Crippen molar-refractivity contribution in [3.05, 3.63) is 52.3 Å². The van der Waals surface area contributed by atoms with Gasteiger partial charge in [0.2, 0.25) is 0 Å². The zero-order valence-electron chi connectivity index (χ0n) is 14.1. The van der Waals surface area contributed by atoms with E-state index in [-0.39, 0.29) is 11.4 Å². The van der Waals surface area contributed by atoms with Crippen LogP contribution in [-0.2, 0) is 6.42 Å². The Kier molecular flexibility index (Phi) is 5.55. The second kappa shape index (κ2) is 8.02. The van der Waals surface area contributed by atoms with Crippen LogP contribution in [0.1, 0.15) is 12.1 Å². The molecule has 0 saturated carbocycles. The molecule has 3 rings (SSSR count). The summed E-state index contributed by atoms with van der Waals surface area (Å²) in [7, 11) is 0. The normalized spacial score (nSPS) is 14.5. The average Bonchev–Trinajstić information content (AvgIpc) is 2.64. The number of nitrogens with zero attached hydrogens (tertiary/aromatic N) is 4. The zero-order valence-corrected chi connectivity index (χ0v) is 14.1. The minimum absolute atomic E-state index is 0.181. The van der Waals surface area contributed by atoms with Crippen LogP contribution in [-0.4, -0.2) is 49.0 Å². The van der Waals surface area contributed by atoms with E-state index in [1.807, 2.05) is 4.90 Å². The van der Waals surface area contributed by atoms with Gasteiger partial charge in [-0.25, -0.2) is 9.37 Å². The van der Waals surface area contributed by atoms with E-state index in [0.717, 1.165) is 38.3 Å². The number of halogens is 1. The fourth-order valence-corrected chi connectivity index (χ4v) is 2.90. The number of nitrogens with one attached hydrogen (secondary N) is 1. The number of rotatable bonds is 6. The van der Waals surface area contributed by atoms with Crippen molar-refractivity contribution in [2.45, 2.75) is 12.8 Å². The summed E-state index contributed by atoms with van der Waals surface area (Å²) in [4.78, 5) is 23.4. The monoisotopic (exact) mass is 343 g/mol. The van der Waals surface area contributed by atoms with Crippen molar-refractivity contribution in [3.63, 3.8) is 0 Å². The van der Waals surface area contributed by atoms with E-state index < -0.39 is 0 Å². The molecule has 0 bridgehead atoms. The molecule has 1 fully saturated rings. The first-order chi connectivity index (χ1) is 12.2. The van der Waals surface area contributed by atoms with Gasteiger partial charge >= 0.3 is 0 Å². The zero-order chi connectivity index (χ0) is 17.6.